The number of H-pyrrole nitrogens is 1. The van der Waals surface area contributed by atoms with Crippen molar-refractivity contribution in [3.63, 3.8) is 0 Å². The highest BCUT2D eigenvalue weighted by Gasteiger charge is 2.19. The van der Waals surface area contributed by atoms with Gasteiger partial charge < -0.3 is 21.8 Å². The van der Waals surface area contributed by atoms with Crippen molar-refractivity contribution in [3.05, 3.63) is 95.4 Å². The van der Waals surface area contributed by atoms with Gasteiger partial charge >= 0.3 is 0 Å². The lowest BCUT2D eigenvalue weighted by atomic mass is 9.99. The monoisotopic (exact) mass is 444 g/mol. The Morgan fingerprint density at radius 2 is 1.73 bits per heavy atom. The molecule has 0 saturated carbocycles. The third kappa shape index (κ3) is 5.48. The smallest absolute Gasteiger partial charge is 0.268 e. The fourth-order valence-electron chi connectivity index (χ4n) is 4.05. The number of hydrogen-bond donors (Lipinski definition) is 4. The zero-order chi connectivity index (χ0) is 23.2. The lowest BCUT2D eigenvalue weighted by molar-refractivity contribution is 0.0945. The zero-order valence-corrected chi connectivity index (χ0v) is 18.5. The van der Waals surface area contributed by atoms with E-state index in [9.17, 15) is 9.18 Å². The van der Waals surface area contributed by atoms with Gasteiger partial charge in [-0.2, -0.15) is 0 Å². The molecule has 4 rings (SSSR count). The molecule has 1 atom stereocenters. The van der Waals surface area contributed by atoms with Gasteiger partial charge in [-0.1, -0.05) is 54.6 Å². The standard InChI is InChI=1S/C27H29FN4O/c28-21-11-8-19(9-12-21)20-10-13-23-24(15-18-5-2-1-3-6-18)26(32-25(23)16-20)27(33)31-17-22(30)7-4-14-29/h1-3,5-6,8-13,16,22,32H,4,7,14-15,17,29-30H2,(H,31,33). The first kappa shape index (κ1) is 22.7. The molecule has 1 heterocycles. The largest absolute Gasteiger partial charge is 0.350 e. The number of aromatic nitrogens is 1. The van der Waals surface area contributed by atoms with Crippen LogP contribution < -0.4 is 16.8 Å². The Bertz CT molecular complexity index is 1220. The van der Waals surface area contributed by atoms with Crippen molar-refractivity contribution in [1.29, 1.82) is 0 Å². The molecular weight excluding hydrogens is 415 g/mol. The summed E-state index contributed by atoms with van der Waals surface area (Å²) in [7, 11) is 0. The highest BCUT2D eigenvalue weighted by atomic mass is 19.1. The number of aromatic amines is 1. The molecule has 1 unspecified atom stereocenters. The van der Waals surface area contributed by atoms with E-state index in [1.165, 1.54) is 12.1 Å². The number of nitrogens with one attached hydrogen (secondary N) is 2. The molecule has 1 amide bonds. The first-order valence-electron chi connectivity index (χ1n) is 11.2. The van der Waals surface area contributed by atoms with Crippen LogP contribution in [0.2, 0.25) is 0 Å². The van der Waals surface area contributed by atoms with Gasteiger partial charge in [-0.25, -0.2) is 4.39 Å². The Labute approximate surface area is 193 Å². The van der Waals surface area contributed by atoms with Gasteiger partial charge in [0, 0.05) is 29.9 Å². The van der Waals surface area contributed by atoms with E-state index < -0.39 is 0 Å². The van der Waals surface area contributed by atoms with E-state index in [1.54, 1.807) is 12.1 Å². The van der Waals surface area contributed by atoms with Crippen molar-refractivity contribution in [2.24, 2.45) is 11.5 Å². The summed E-state index contributed by atoms with van der Waals surface area (Å²) in [6.07, 6.45) is 2.22. The fraction of sp³-hybridized carbons (Fsp3) is 0.222. The van der Waals surface area contributed by atoms with E-state index >= 15 is 0 Å². The molecule has 0 aliphatic heterocycles. The van der Waals surface area contributed by atoms with Crippen LogP contribution in [0.3, 0.4) is 0 Å². The molecule has 0 spiro atoms. The summed E-state index contributed by atoms with van der Waals surface area (Å²) in [5.74, 6) is -0.447. The zero-order valence-electron chi connectivity index (χ0n) is 18.5. The van der Waals surface area contributed by atoms with E-state index in [0.717, 1.165) is 46.0 Å². The van der Waals surface area contributed by atoms with E-state index in [1.807, 2.05) is 36.4 Å². The van der Waals surface area contributed by atoms with Crippen LogP contribution >= 0.6 is 0 Å². The Hall–Kier alpha value is -3.48. The second-order valence-corrected chi connectivity index (χ2v) is 8.31. The maximum absolute atomic E-state index is 13.3. The molecule has 0 saturated heterocycles. The quantitative estimate of drug-likeness (QED) is 0.309. The van der Waals surface area contributed by atoms with Gasteiger partial charge in [0.1, 0.15) is 11.5 Å². The van der Waals surface area contributed by atoms with Crippen molar-refractivity contribution >= 4 is 16.8 Å². The second kappa shape index (κ2) is 10.4. The number of nitrogens with two attached hydrogens (primary N) is 2. The van der Waals surface area contributed by atoms with Gasteiger partial charge in [0.2, 0.25) is 0 Å². The Balaban J connectivity index is 1.67. The molecule has 4 aromatic rings. The third-order valence-electron chi connectivity index (χ3n) is 5.84. The van der Waals surface area contributed by atoms with Gasteiger partial charge in [0.25, 0.3) is 5.91 Å². The minimum atomic E-state index is -0.270. The molecule has 33 heavy (non-hydrogen) atoms. The van der Waals surface area contributed by atoms with Crippen LogP contribution in [0.25, 0.3) is 22.0 Å². The van der Waals surface area contributed by atoms with Crippen molar-refractivity contribution < 1.29 is 9.18 Å². The van der Waals surface area contributed by atoms with Gasteiger partial charge in [-0.05, 0) is 59.8 Å². The molecule has 0 aliphatic rings. The molecule has 0 radical (unpaired) electrons. The summed E-state index contributed by atoms with van der Waals surface area (Å²) in [5, 5.41) is 3.96. The molecule has 5 nitrogen and oxygen atoms in total. The van der Waals surface area contributed by atoms with E-state index in [-0.39, 0.29) is 17.8 Å². The number of hydrogen-bond acceptors (Lipinski definition) is 3. The van der Waals surface area contributed by atoms with Crippen LogP contribution in [-0.4, -0.2) is 30.0 Å². The number of amides is 1. The average molecular weight is 445 g/mol. The normalized spacial score (nSPS) is 12.1. The number of benzene rings is 3. The molecule has 0 aliphatic carbocycles. The van der Waals surface area contributed by atoms with Crippen molar-refractivity contribution in [1.82, 2.24) is 10.3 Å². The summed E-state index contributed by atoms with van der Waals surface area (Å²) in [6.45, 7) is 0.973. The number of fused-ring (bicyclic) bond motifs is 1. The molecule has 0 bridgehead atoms. The van der Waals surface area contributed by atoms with Crippen molar-refractivity contribution in [2.45, 2.75) is 25.3 Å². The Morgan fingerprint density at radius 3 is 2.45 bits per heavy atom. The number of carbonyl (C=O) groups is 1. The predicted molar refractivity (Wildman–Crippen MR) is 132 cm³/mol. The van der Waals surface area contributed by atoms with Gasteiger partial charge in [-0.3, -0.25) is 4.79 Å². The lowest BCUT2D eigenvalue weighted by Crippen LogP contribution is -2.37. The SMILES string of the molecule is NCCCC(N)CNC(=O)c1[nH]c2cc(-c3ccc(F)cc3)ccc2c1Cc1ccccc1. The van der Waals surface area contributed by atoms with Crippen LogP contribution in [0.1, 0.15) is 34.5 Å². The minimum absolute atomic E-state index is 0.135. The maximum Gasteiger partial charge on any atom is 0.268 e. The summed E-state index contributed by atoms with van der Waals surface area (Å²) >= 11 is 0. The molecule has 1 aromatic heterocycles. The van der Waals surface area contributed by atoms with Crippen LogP contribution in [0.4, 0.5) is 4.39 Å². The first-order valence-corrected chi connectivity index (χ1v) is 11.2. The summed E-state index contributed by atoms with van der Waals surface area (Å²) in [6, 6.07) is 22.3. The molecule has 6 heteroatoms. The van der Waals surface area contributed by atoms with E-state index in [0.29, 0.717) is 25.2 Å². The van der Waals surface area contributed by atoms with Gasteiger partial charge in [-0.15, -0.1) is 0 Å². The number of carbonyl (C=O) groups excluding carboxylic acids is 1. The predicted octanol–water partition coefficient (Wildman–Crippen LogP) is 4.36. The maximum atomic E-state index is 13.3. The third-order valence-corrected chi connectivity index (χ3v) is 5.84. The summed E-state index contributed by atoms with van der Waals surface area (Å²) in [4.78, 5) is 16.5. The summed E-state index contributed by atoms with van der Waals surface area (Å²) in [5.41, 5.74) is 17.0. The summed E-state index contributed by atoms with van der Waals surface area (Å²) < 4.78 is 13.3. The van der Waals surface area contributed by atoms with Crippen LogP contribution in [0, 0.1) is 5.82 Å². The lowest BCUT2D eigenvalue weighted by Gasteiger charge is -2.12. The highest BCUT2D eigenvalue weighted by Crippen LogP contribution is 2.30. The molecule has 170 valence electrons. The topological polar surface area (TPSA) is 96.9 Å². The van der Waals surface area contributed by atoms with Crippen molar-refractivity contribution in [3.8, 4) is 11.1 Å². The molecule has 6 N–H and O–H groups in total. The molecule has 0 fully saturated rings. The first-order chi connectivity index (χ1) is 16.0. The Kier molecular flexibility index (Phi) is 7.17. The second-order valence-electron chi connectivity index (χ2n) is 8.31. The average Bonchev–Trinajstić information content (AvgIpc) is 3.20. The van der Waals surface area contributed by atoms with Crippen LogP contribution in [-0.2, 0) is 6.42 Å². The Morgan fingerprint density at radius 1 is 1.00 bits per heavy atom. The molecule has 3 aromatic carbocycles. The van der Waals surface area contributed by atoms with Gasteiger partial charge in [0.05, 0.1) is 0 Å². The van der Waals surface area contributed by atoms with Gasteiger partial charge in [0.15, 0.2) is 0 Å². The van der Waals surface area contributed by atoms with Crippen LogP contribution in [0.5, 0.6) is 0 Å². The van der Waals surface area contributed by atoms with Crippen LogP contribution in [0.15, 0.2) is 72.8 Å². The number of rotatable bonds is 9. The highest BCUT2D eigenvalue weighted by molar-refractivity contribution is 6.02. The van der Waals surface area contributed by atoms with E-state index in [4.69, 9.17) is 11.5 Å². The minimum Gasteiger partial charge on any atom is -0.350 e. The van der Waals surface area contributed by atoms with Crippen molar-refractivity contribution in [2.75, 3.05) is 13.1 Å². The number of halogens is 1. The van der Waals surface area contributed by atoms with E-state index in [2.05, 4.69) is 22.4 Å². The molecular formula is C27H29FN4O. The fourth-order valence-corrected chi connectivity index (χ4v) is 4.05.